The number of rotatable bonds is 5. The topological polar surface area (TPSA) is 126 Å². The number of nitrogens with one attached hydrogen (secondary N) is 2. The second-order valence-electron chi connectivity index (χ2n) is 9.21. The Morgan fingerprint density at radius 2 is 1.76 bits per heavy atom. The molecular formula is C22H27F2N3O7. The molecule has 3 N–H and O–H groups in total. The van der Waals surface area contributed by atoms with E-state index in [-0.39, 0.29) is 50.0 Å². The molecule has 3 amide bonds. The number of hydrogen-bond donors (Lipinski definition) is 3. The van der Waals surface area contributed by atoms with Crippen LogP contribution in [-0.2, 0) is 20.6 Å². The molecular weight excluding hydrogens is 456 g/mol. The van der Waals surface area contributed by atoms with Crippen molar-refractivity contribution in [2.75, 3.05) is 39.5 Å². The first-order valence-corrected chi connectivity index (χ1v) is 11.1. The molecule has 0 bridgehead atoms. The molecule has 0 aromatic heterocycles. The van der Waals surface area contributed by atoms with Crippen molar-refractivity contribution >= 4 is 18.3 Å². The number of aliphatic hydroxyl groups is 1. The van der Waals surface area contributed by atoms with Crippen molar-refractivity contribution in [3.05, 3.63) is 35.4 Å². The second kappa shape index (κ2) is 10.00. The van der Waals surface area contributed by atoms with Crippen molar-refractivity contribution in [3.63, 3.8) is 0 Å². The highest BCUT2D eigenvalue weighted by molar-refractivity contribution is 5.71. The standard InChI is InChI=1S/C18H20F2N2O4.C4H7NO3/c19-13-2-1-12(15(20)4-13)3-11-5-18(6-11)9-22(10-18)17(24)26-8-14-7-25-16(23)21-14;6-1-3-2-8-4(7)5-3/h1-2,4,11,14H,3,5-10H2,(H,21,23);3,6H,1-2H2,(H,5,7)/t14-;3-/m10/s1. The minimum Gasteiger partial charge on any atom is -0.447 e. The number of halogens is 2. The maximum Gasteiger partial charge on any atom is 0.409 e. The summed E-state index contributed by atoms with van der Waals surface area (Å²) in [4.78, 5) is 34.7. The Kier molecular flexibility index (Phi) is 7.05. The minimum atomic E-state index is -0.562. The molecule has 2 atom stereocenters. The fourth-order valence-corrected chi connectivity index (χ4v) is 4.76. The molecule has 0 unspecified atom stereocenters. The van der Waals surface area contributed by atoms with E-state index >= 15 is 0 Å². The highest BCUT2D eigenvalue weighted by Crippen LogP contribution is 2.53. The third kappa shape index (κ3) is 5.66. The van der Waals surface area contributed by atoms with Gasteiger partial charge in [-0.25, -0.2) is 23.2 Å². The van der Waals surface area contributed by atoms with Gasteiger partial charge in [0.15, 0.2) is 0 Å². The molecule has 0 radical (unpaired) electrons. The van der Waals surface area contributed by atoms with Crippen molar-refractivity contribution in [2.24, 2.45) is 11.3 Å². The van der Waals surface area contributed by atoms with Crippen LogP contribution in [0.5, 0.6) is 0 Å². The van der Waals surface area contributed by atoms with Gasteiger partial charge in [-0.2, -0.15) is 0 Å². The van der Waals surface area contributed by atoms with E-state index in [0.717, 1.165) is 18.9 Å². The molecule has 34 heavy (non-hydrogen) atoms. The van der Waals surface area contributed by atoms with Crippen LogP contribution in [0.25, 0.3) is 0 Å². The van der Waals surface area contributed by atoms with E-state index in [0.29, 0.717) is 31.0 Å². The highest BCUT2D eigenvalue weighted by Gasteiger charge is 2.54. The van der Waals surface area contributed by atoms with Crippen LogP contribution < -0.4 is 10.6 Å². The summed E-state index contributed by atoms with van der Waals surface area (Å²) in [6.45, 7) is 1.82. The molecule has 1 aromatic rings. The number of nitrogens with zero attached hydrogens (tertiary/aromatic N) is 1. The number of alkyl carbamates (subject to hydrolysis) is 2. The number of hydrogen-bond acceptors (Lipinski definition) is 7. The second-order valence-corrected chi connectivity index (χ2v) is 9.21. The van der Waals surface area contributed by atoms with E-state index in [1.807, 2.05) is 0 Å². The van der Waals surface area contributed by atoms with Crippen LogP contribution in [0, 0.1) is 23.0 Å². The van der Waals surface area contributed by atoms with Crippen LogP contribution in [0.4, 0.5) is 23.2 Å². The number of carbonyl (C=O) groups excluding carboxylic acids is 3. The number of cyclic esters (lactones) is 2. The van der Waals surface area contributed by atoms with Crippen molar-refractivity contribution < 1.29 is 42.5 Å². The molecule has 10 nitrogen and oxygen atoms in total. The lowest BCUT2D eigenvalue weighted by Gasteiger charge is -2.58. The van der Waals surface area contributed by atoms with Crippen LogP contribution in [0.3, 0.4) is 0 Å². The number of ether oxygens (including phenoxy) is 3. The number of benzene rings is 1. The van der Waals surface area contributed by atoms with Gasteiger partial charge in [0.1, 0.15) is 37.5 Å². The van der Waals surface area contributed by atoms with Crippen molar-refractivity contribution in [1.82, 2.24) is 15.5 Å². The number of aliphatic hydroxyl groups excluding tert-OH is 1. The fourth-order valence-electron chi connectivity index (χ4n) is 4.76. The van der Waals surface area contributed by atoms with Crippen LogP contribution in [0.2, 0.25) is 0 Å². The quantitative estimate of drug-likeness (QED) is 0.543. The first kappa shape index (κ1) is 24.0. The molecule has 3 heterocycles. The Balaban J connectivity index is 0.000000291. The van der Waals surface area contributed by atoms with Crippen LogP contribution >= 0.6 is 0 Å². The lowest BCUT2D eigenvalue weighted by molar-refractivity contribution is -0.0849. The van der Waals surface area contributed by atoms with Gasteiger partial charge in [0.05, 0.1) is 12.6 Å². The third-order valence-electron chi connectivity index (χ3n) is 6.38. The first-order chi connectivity index (χ1) is 16.2. The largest absolute Gasteiger partial charge is 0.447 e. The van der Waals surface area contributed by atoms with E-state index < -0.39 is 23.8 Å². The predicted molar refractivity (Wildman–Crippen MR) is 112 cm³/mol. The summed E-state index contributed by atoms with van der Waals surface area (Å²) in [5.41, 5.74) is 0.660. The van der Waals surface area contributed by atoms with Gasteiger partial charge in [0, 0.05) is 24.6 Å². The molecule has 3 saturated heterocycles. The Bertz CT molecular complexity index is 933. The van der Waals surface area contributed by atoms with E-state index in [4.69, 9.17) is 14.6 Å². The molecule has 186 valence electrons. The number of carbonyl (C=O) groups is 3. The maximum absolute atomic E-state index is 13.7. The van der Waals surface area contributed by atoms with Gasteiger partial charge >= 0.3 is 18.3 Å². The van der Waals surface area contributed by atoms with Gasteiger partial charge in [-0.3, -0.25) is 0 Å². The fraction of sp³-hybridized carbons (Fsp3) is 0.591. The van der Waals surface area contributed by atoms with Crippen LogP contribution in [-0.4, -0.2) is 79.9 Å². The van der Waals surface area contributed by atoms with Gasteiger partial charge in [-0.05, 0) is 36.8 Å². The summed E-state index contributed by atoms with van der Waals surface area (Å²) < 4.78 is 41.0. The van der Waals surface area contributed by atoms with Crippen LogP contribution in [0.15, 0.2) is 18.2 Å². The lowest BCUT2D eigenvalue weighted by atomic mass is 9.56. The Morgan fingerprint density at radius 3 is 2.29 bits per heavy atom. The third-order valence-corrected chi connectivity index (χ3v) is 6.38. The van der Waals surface area contributed by atoms with Crippen molar-refractivity contribution in [2.45, 2.75) is 31.3 Å². The molecule has 1 saturated carbocycles. The van der Waals surface area contributed by atoms with E-state index in [1.165, 1.54) is 12.1 Å². The zero-order chi connectivity index (χ0) is 24.3. The summed E-state index contributed by atoms with van der Waals surface area (Å²) in [6.07, 6.45) is 1.14. The van der Waals surface area contributed by atoms with Gasteiger partial charge < -0.3 is 34.9 Å². The SMILES string of the molecule is O=C1N[C@@H](CO)CO1.O=C1N[C@@H](COC(=O)N2CC3(CC(Cc4ccc(F)cc4F)C3)C2)CO1. The molecule has 12 heteroatoms. The summed E-state index contributed by atoms with van der Waals surface area (Å²) in [5.74, 6) is -0.695. The summed E-state index contributed by atoms with van der Waals surface area (Å²) in [6, 6.07) is 3.22. The van der Waals surface area contributed by atoms with E-state index in [9.17, 15) is 23.2 Å². The maximum atomic E-state index is 13.7. The molecule has 1 aliphatic carbocycles. The molecule has 5 rings (SSSR count). The Morgan fingerprint density at radius 1 is 1.12 bits per heavy atom. The van der Waals surface area contributed by atoms with Gasteiger partial charge in [-0.1, -0.05) is 6.07 Å². The molecule has 4 fully saturated rings. The van der Waals surface area contributed by atoms with Crippen LogP contribution in [0.1, 0.15) is 18.4 Å². The smallest absolute Gasteiger partial charge is 0.409 e. The lowest BCUT2D eigenvalue weighted by Crippen LogP contribution is -2.64. The van der Waals surface area contributed by atoms with Crippen molar-refractivity contribution in [1.29, 1.82) is 0 Å². The van der Waals surface area contributed by atoms with Crippen molar-refractivity contribution in [3.8, 4) is 0 Å². The highest BCUT2D eigenvalue weighted by atomic mass is 19.1. The average Bonchev–Trinajstić information content (AvgIpc) is 3.36. The summed E-state index contributed by atoms with van der Waals surface area (Å²) in [5, 5.41) is 13.3. The number of amides is 3. The van der Waals surface area contributed by atoms with E-state index in [2.05, 4.69) is 15.4 Å². The average molecular weight is 483 g/mol. The zero-order valence-corrected chi connectivity index (χ0v) is 18.4. The molecule has 1 spiro atoms. The Hall–Kier alpha value is -3.15. The Labute approximate surface area is 194 Å². The summed E-state index contributed by atoms with van der Waals surface area (Å²) >= 11 is 0. The van der Waals surface area contributed by atoms with Gasteiger partial charge in [0.2, 0.25) is 0 Å². The monoisotopic (exact) mass is 483 g/mol. The molecule has 3 aliphatic heterocycles. The molecule has 4 aliphatic rings. The van der Waals surface area contributed by atoms with Gasteiger partial charge in [0.25, 0.3) is 0 Å². The normalized spacial score (nSPS) is 24.6. The number of likely N-dealkylation sites (tertiary alicyclic amines) is 1. The minimum absolute atomic E-state index is 0.0499. The predicted octanol–water partition coefficient (Wildman–Crippen LogP) is 1.55. The first-order valence-electron chi connectivity index (χ1n) is 11.1. The summed E-state index contributed by atoms with van der Waals surface area (Å²) in [7, 11) is 0. The molecule has 1 aromatic carbocycles. The van der Waals surface area contributed by atoms with Gasteiger partial charge in [-0.15, -0.1) is 0 Å². The zero-order valence-electron chi connectivity index (χ0n) is 18.4. The van der Waals surface area contributed by atoms with E-state index in [1.54, 1.807) is 4.90 Å².